The molecular formula is C15H20O5. The maximum absolute atomic E-state index is 12.0. The summed E-state index contributed by atoms with van der Waals surface area (Å²) in [4.78, 5) is 21.0. The van der Waals surface area contributed by atoms with E-state index in [1.807, 2.05) is 20.8 Å². The second-order valence-electron chi connectivity index (χ2n) is 5.40. The van der Waals surface area contributed by atoms with Gasteiger partial charge in [-0.3, -0.25) is 4.89 Å². The molecule has 110 valence electrons. The molecule has 0 spiro atoms. The molecule has 0 unspecified atom stereocenters. The minimum absolute atomic E-state index is 0.299. The molecule has 1 aromatic rings. The van der Waals surface area contributed by atoms with Crippen molar-refractivity contribution in [2.24, 2.45) is 0 Å². The Labute approximate surface area is 118 Å². The summed E-state index contributed by atoms with van der Waals surface area (Å²) in [7, 11) is 1.29. The van der Waals surface area contributed by atoms with Gasteiger partial charge in [-0.25, -0.2) is 4.79 Å². The highest BCUT2D eigenvalue weighted by Crippen LogP contribution is 2.43. The van der Waals surface area contributed by atoms with Crippen molar-refractivity contribution in [2.45, 2.75) is 46.1 Å². The van der Waals surface area contributed by atoms with Crippen LogP contribution in [0.4, 0.5) is 0 Å². The third kappa shape index (κ3) is 2.12. The van der Waals surface area contributed by atoms with Crippen LogP contribution in [-0.4, -0.2) is 23.8 Å². The zero-order valence-corrected chi connectivity index (χ0v) is 12.5. The Hall–Kier alpha value is -1.75. The number of phenols is 1. The number of carbonyl (C=O) groups is 1. The summed E-state index contributed by atoms with van der Waals surface area (Å²) in [6, 6.07) is 0. The number of rotatable bonds is 2. The molecule has 0 amide bonds. The van der Waals surface area contributed by atoms with E-state index >= 15 is 0 Å². The average Bonchev–Trinajstić information content (AvgIpc) is 2.43. The van der Waals surface area contributed by atoms with E-state index in [2.05, 4.69) is 9.78 Å². The molecule has 2 rings (SSSR count). The lowest BCUT2D eigenvalue weighted by Crippen LogP contribution is -2.45. The molecule has 5 heteroatoms. The molecule has 0 aromatic heterocycles. The molecule has 1 heterocycles. The molecular weight excluding hydrogens is 260 g/mol. The van der Waals surface area contributed by atoms with Gasteiger partial charge in [0, 0.05) is 12.0 Å². The van der Waals surface area contributed by atoms with Crippen LogP contribution >= 0.6 is 0 Å². The fourth-order valence-electron chi connectivity index (χ4n) is 2.56. The third-order valence-electron chi connectivity index (χ3n) is 4.11. The zero-order chi connectivity index (χ0) is 15.1. The summed E-state index contributed by atoms with van der Waals surface area (Å²) in [5.74, 6) is 0.418. The van der Waals surface area contributed by atoms with Crippen LogP contribution in [0.15, 0.2) is 0 Å². The molecule has 1 N–H and O–H groups in total. The van der Waals surface area contributed by atoms with E-state index in [1.165, 1.54) is 7.11 Å². The van der Waals surface area contributed by atoms with Gasteiger partial charge in [0.05, 0.1) is 7.11 Å². The van der Waals surface area contributed by atoms with Crippen molar-refractivity contribution in [3.05, 3.63) is 22.3 Å². The normalized spacial score (nSPS) is 21.1. The van der Waals surface area contributed by atoms with Crippen molar-refractivity contribution in [3.63, 3.8) is 0 Å². The zero-order valence-electron chi connectivity index (χ0n) is 12.5. The lowest BCUT2D eigenvalue weighted by molar-refractivity contribution is -0.267. The highest BCUT2D eigenvalue weighted by molar-refractivity contribution is 5.80. The number of benzene rings is 1. The number of hydrogen-bond donors (Lipinski definition) is 1. The van der Waals surface area contributed by atoms with Crippen molar-refractivity contribution < 1.29 is 24.4 Å². The van der Waals surface area contributed by atoms with E-state index in [-0.39, 0.29) is 0 Å². The Morgan fingerprint density at radius 1 is 1.25 bits per heavy atom. The van der Waals surface area contributed by atoms with E-state index in [0.717, 1.165) is 22.3 Å². The molecule has 0 radical (unpaired) electrons. The highest BCUT2D eigenvalue weighted by atomic mass is 17.2. The Morgan fingerprint density at radius 3 is 2.50 bits per heavy atom. The lowest BCUT2D eigenvalue weighted by atomic mass is 9.87. The van der Waals surface area contributed by atoms with E-state index in [0.29, 0.717) is 24.3 Å². The van der Waals surface area contributed by atoms with E-state index < -0.39 is 11.6 Å². The predicted molar refractivity (Wildman–Crippen MR) is 72.8 cm³/mol. The van der Waals surface area contributed by atoms with Crippen molar-refractivity contribution >= 4 is 5.97 Å². The Kier molecular flexibility index (Phi) is 3.65. The standard InChI is InChI=1S/C15H20O5/c1-8-9(2)13-11(10(3)12(8)16)6-7-15(4,19-13)14(17)20-18-5/h16H,6-7H2,1-5H3/t15-/m1/s1. The summed E-state index contributed by atoms with van der Waals surface area (Å²) in [6.45, 7) is 7.26. The number of carbonyl (C=O) groups excluding carboxylic acids is 1. The van der Waals surface area contributed by atoms with Crippen LogP contribution in [0.3, 0.4) is 0 Å². The summed E-state index contributed by atoms with van der Waals surface area (Å²) >= 11 is 0. The third-order valence-corrected chi connectivity index (χ3v) is 4.11. The van der Waals surface area contributed by atoms with Gasteiger partial charge in [0.25, 0.3) is 0 Å². The Balaban J connectivity index is 2.47. The second kappa shape index (κ2) is 4.98. The maximum atomic E-state index is 12.0. The van der Waals surface area contributed by atoms with Crippen molar-refractivity contribution in [1.29, 1.82) is 0 Å². The van der Waals surface area contributed by atoms with Gasteiger partial charge in [-0.1, -0.05) is 0 Å². The number of phenolic OH excluding ortho intramolecular Hbond substituents is 1. The van der Waals surface area contributed by atoms with Gasteiger partial charge in [-0.15, -0.1) is 0 Å². The number of hydrogen-bond acceptors (Lipinski definition) is 5. The van der Waals surface area contributed by atoms with Crippen LogP contribution in [0.5, 0.6) is 11.5 Å². The van der Waals surface area contributed by atoms with E-state index in [1.54, 1.807) is 6.92 Å². The van der Waals surface area contributed by atoms with Gasteiger partial charge in [0.2, 0.25) is 5.60 Å². The largest absolute Gasteiger partial charge is 0.507 e. The van der Waals surface area contributed by atoms with Crippen LogP contribution in [0.25, 0.3) is 0 Å². The summed E-state index contributed by atoms with van der Waals surface area (Å²) in [5.41, 5.74) is 2.31. The average molecular weight is 280 g/mol. The molecule has 1 aliphatic heterocycles. The Morgan fingerprint density at radius 2 is 1.90 bits per heavy atom. The van der Waals surface area contributed by atoms with E-state index in [4.69, 9.17) is 4.74 Å². The van der Waals surface area contributed by atoms with Crippen LogP contribution in [0.1, 0.15) is 35.6 Å². The molecule has 1 atom stereocenters. The summed E-state index contributed by atoms with van der Waals surface area (Å²) in [5, 5.41) is 10.1. The van der Waals surface area contributed by atoms with Crippen LogP contribution < -0.4 is 4.74 Å². The fourth-order valence-corrected chi connectivity index (χ4v) is 2.56. The maximum Gasteiger partial charge on any atom is 0.385 e. The number of aromatic hydroxyl groups is 1. The molecule has 5 nitrogen and oxygen atoms in total. The van der Waals surface area contributed by atoms with E-state index in [9.17, 15) is 9.90 Å². The van der Waals surface area contributed by atoms with Gasteiger partial charge >= 0.3 is 5.97 Å². The Bertz CT molecular complexity index is 564. The number of fused-ring (bicyclic) bond motifs is 1. The van der Waals surface area contributed by atoms with Gasteiger partial charge in [-0.05, 0) is 50.8 Å². The van der Waals surface area contributed by atoms with Crippen LogP contribution in [-0.2, 0) is 21.0 Å². The van der Waals surface area contributed by atoms with Gasteiger partial charge in [0.1, 0.15) is 11.5 Å². The molecule has 0 aliphatic carbocycles. The molecule has 0 fully saturated rings. The minimum Gasteiger partial charge on any atom is -0.507 e. The quantitative estimate of drug-likeness (QED) is 0.666. The molecule has 0 saturated heterocycles. The molecule has 1 aromatic carbocycles. The van der Waals surface area contributed by atoms with Gasteiger partial charge in [0.15, 0.2) is 0 Å². The SMILES string of the molecule is COOC(=O)[C@@]1(C)CCc2c(C)c(O)c(C)c(C)c2O1. The second-order valence-corrected chi connectivity index (χ2v) is 5.40. The van der Waals surface area contributed by atoms with Crippen molar-refractivity contribution in [2.75, 3.05) is 7.11 Å². The predicted octanol–water partition coefficient (Wildman–Crippen LogP) is 2.51. The van der Waals surface area contributed by atoms with Gasteiger partial charge < -0.3 is 9.84 Å². The first-order valence-electron chi connectivity index (χ1n) is 6.57. The van der Waals surface area contributed by atoms with Crippen LogP contribution in [0.2, 0.25) is 0 Å². The lowest BCUT2D eigenvalue weighted by Gasteiger charge is -2.35. The minimum atomic E-state index is -1.07. The molecule has 0 saturated carbocycles. The molecule has 20 heavy (non-hydrogen) atoms. The van der Waals surface area contributed by atoms with Gasteiger partial charge in [-0.2, -0.15) is 4.89 Å². The topological polar surface area (TPSA) is 65.0 Å². The monoisotopic (exact) mass is 280 g/mol. The highest BCUT2D eigenvalue weighted by Gasteiger charge is 2.42. The summed E-state index contributed by atoms with van der Waals surface area (Å²) < 4.78 is 5.92. The number of ether oxygens (including phenoxy) is 1. The summed E-state index contributed by atoms with van der Waals surface area (Å²) in [6.07, 6.45) is 1.12. The first-order chi connectivity index (χ1) is 9.31. The molecule has 0 bridgehead atoms. The van der Waals surface area contributed by atoms with Crippen molar-refractivity contribution in [1.82, 2.24) is 0 Å². The fraction of sp³-hybridized carbons (Fsp3) is 0.533. The smallest absolute Gasteiger partial charge is 0.385 e. The van der Waals surface area contributed by atoms with Crippen molar-refractivity contribution in [3.8, 4) is 11.5 Å². The molecule has 1 aliphatic rings. The first kappa shape index (κ1) is 14.7. The first-order valence-corrected chi connectivity index (χ1v) is 6.57. The van der Waals surface area contributed by atoms with Crippen LogP contribution in [0, 0.1) is 20.8 Å².